The Bertz CT molecular complexity index is 629. The molecular formula is C14H17N5OS2. The van der Waals surface area contributed by atoms with Crippen LogP contribution in [0.3, 0.4) is 0 Å². The first-order chi connectivity index (χ1) is 10.7. The molecule has 0 saturated heterocycles. The van der Waals surface area contributed by atoms with Crippen molar-refractivity contribution in [1.82, 2.24) is 25.1 Å². The van der Waals surface area contributed by atoms with Gasteiger partial charge in [-0.3, -0.25) is 4.79 Å². The van der Waals surface area contributed by atoms with E-state index >= 15 is 0 Å². The lowest BCUT2D eigenvalue weighted by molar-refractivity contribution is -0.118. The standard InChI is InChI=1S/C14H17N5OS2/c1-3-8-19-11(17-18-14(19)21-2)9-16-12(20)10-22-13-6-4-5-7-15-13/h3-7H,1,8-10H2,2H3,(H,16,20). The molecule has 0 bridgehead atoms. The maximum absolute atomic E-state index is 11.9. The zero-order chi connectivity index (χ0) is 15.8. The van der Waals surface area contributed by atoms with Gasteiger partial charge in [0.05, 0.1) is 17.3 Å². The second-order valence-corrected chi connectivity index (χ2v) is 6.00. The van der Waals surface area contributed by atoms with E-state index in [9.17, 15) is 4.79 Å². The summed E-state index contributed by atoms with van der Waals surface area (Å²) in [5.41, 5.74) is 0. The smallest absolute Gasteiger partial charge is 0.230 e. The lowest BCUT2D eigenvalue weighted by atomic mass is 10.5. The van der Waals surface area contributed by atoms with Crippen molar-refractivity contribution >= 4 is 29.4 Å². The predicted molar refractivity (Wildman–Crippen MR) is 88.8 cm³/mol. The molecule has 0 unspecified atom stereocenters. The predicted octanol–water partition coefficient (Wildman–Crippen LogP) is 1.99. The average Bonchev–Trinajstić information content (AvgIpc) is 2.94. The van der Waals surface area contributed by atoms with E-state index in [1.54, 1.807) is 12.3 Å². The maximum Gasteiger partial charge on any atom is 0.230 e. The summed E-state index contributed by atoms with van der Waals surface area (Å²) in [4.78, 5) is 16.1. The van der Waals surface area contributed by atoms with Crippen molar-refractivity contribution in [2.45, 2.75) is 23.3 Å². The molecule has 22 heavy (non-hydrogen) atoms. The molecule has 0 atom stereocenters. The molecule has 2 aromatic heterocycles. The van der Waals surface area contributed by atoms with E-state index in [0.29, 0.717) is 18.8 Å². The summed E-state index contributed by atoms with van der Waals surface area (Å²) in [7, 11) is 0. The van der Waals surface area contributed by atoms with Crippen LogP contribution in [0.5, 0.6) is 0 Å². The Morgan fingerprint density at radius 1 is 1.45 bits per heavy atom. The zero-order valence-electron chi connectivity index (χ0n) is 12.2. The first-order valence-electron chi connectivity index (χ1n) is 6.62. The topological polar surface area (TPSA) is 72.7 Å². The normalized spacial score (nSPS) is 10.4. The number of aromatic nitrogens is 4. The van der Waals surface area contributed by atoms with Crippen molar-refractivity contribution < 1.29 is 4.79 Å². The van der Waals surface area contributed by atoms with E-state index in [-0.39, 0.29) is 5.91 Å². The summed E-state index contributed by atoms with van der Waals surface area (Å²) in [6.45, 7) is 4.70. The van der Waals surface area contributed by atoms with E-state index in [2.05, 4.69) is 27.1 Å². The number of thioether (sulfide) groups is 2. The number of carbonyl (C=O) groups is 1. The first kappa shape index (κ1) is 16.6. The summed E-state index contributed by atoms with van der Waals surface area (Å²) in [5, 5.41) is 12.7. The number of hydrogen-bond donors (Lipinski definition) is 1. The maximum atomic E-state index is 11.9. The molecule has 2 heterocycles. The molecule has 2 aromatic rings. The minimum atomic E-state index is -0.0606. The summed E-state index contributed by atoms with van der Waals surface area (Å²) in [6.07, 6.45) is 5.43. The van der Waals surface area contributed by atoms with Crippen LogP contribution in [0, 0.1) is 0 Å². The summed E-state index contributed by atoms with van der Waals surface area (Å²) in [5.74, 6) is 0.983. The number of nitrogens with zero attached hydrogens (tertiary/aromatic N) is 4. The molecule has 1 amide bonds. The number of allylic oxidation sites excluding steroid dienone is 1. The van der Waals surface area contributed by atoms with Gasteiger partial charge in [0.25, 0.3) is 0 Å². The third kappa shape index (κ3) is 4.60. The van der Waals surface area contributed by atoms with Gasteiger partial charge >= 0.3 is 0 Å². The molecule has 0 aliphatic carbocycles. The van der Waals surface area contributed by atoms with E-state index in [1.165, 1.54) is 23.5 Å². The van der Waals surface area contributed by atoms with Crippen molar-refractivity contribution in [3.63, 3.8) is 0 Å². The van der Waals surface area contributed by atoms with E-state index in [1.807, 2.05) is 29.0 Å². The van der Waals surface area contributed by atoms with Gasteiger partial charge in [0.2, 0.25) is 5.91 Å². The fraction of sp³-hybridized carbons (Fsp3) is 0.286. The SMILES string of the molecule is C=CCn1c(CNC(=O)CSc2ccccn2)nnc1SC. The lowest BCUT2D eigenvalue weighted by Gasteiger charge is -2.07. The van der Waals surface area contributed by atoms with Crippen LogP contribution >= 0.6 is 23.5 Å². The zero-order valence-corrected chi connectivity index (χ0v) is 13.9. The van der Waals surface area contributed by atoms with E-state index in [4.69, 9.17) is 0 Å². The van der Waals surface area contributed by atoms with Crippen molar-refractivity contribution in [1.29, 1.82) is 0 Å². The molecule has 0 aliphatic heterocycles. The monoisotopic (exact) mass is 335 g/mol. The van der Waals surface area contributed by atoms with Gasteiger partial charge in [0.15, 0.2) is 11.0 Å². The van der Waals surface area contributed by atoms with Crippen LogP contribution in [-0.2, 0) is 17.9 Å². The van der Waals surface area contributed by atoms with E-state index in [0.717, 1.165) is 16.0 Å². The molecule has 0 fully saturated rings. The van der Waals surface area contributed by atoms with Crippen molar-refractivity contribution in [2.75, 3.05) is 12.0 Å². The summed E-state index contributed by atoms with van der Waals surface area (Å²) in [6, 6.07) is 5.62. The largest absolute Gasteiger partial charge is 0.348 e. The second kappa shape index (κ2) is 8.60. The third-order valence-electron chi connectivity index (χ3n) is 2.72. The Morgan fingerprint density at radius 2 is 2.32 bits per heavy atom. The van der Waals surface area contributed by atoms with Crippen molar-refractivity contribution in [3.05, 3.63) is 42.9 Å². The van der Waals surface area contributed by atoms with Crippen molar-refractivity contribution in [2.24, 2.45) is 0 Å². The van der Waals surface area contributed by atoms with Crippen LogP contribution in [-0.4, -0.2) is 37.7 Å². The van der Waals surface area contributed by atoms with Gasteiger partial charge in [0.1, 0.15) is 0 Å². The van der Waals surface area contributed by atoms with Crippen molar-refractivity contribution in [3.8, 4) is 0 Å². The first-order valence-corrected chi connectivity index (χ1v) is 8.83. The average molecular weight is 335 g/mol. The Kier molecular flexibility index (Phi) is 6.47. The van der Waals surface area contributed by atoms with Gasteiger partial charge in [-0.05, 0) is 18.4 Å². The van der Waals surface area contributed by atoms with Gasteiger partial charge in [-0.15, -0.1) is 16.8 Å². The molecule has 0 aliphatic rings. The number of hydrogen-bond acceptors (Lipinski definition) is 6. The molecule has 0 spiro atoms. The Labute approximate surface area is 137 Å². The van der Waals surface area contributed by atoms with Crippen LogP contribution in [0.4, 0.5) is 0 Å². The highest BCUT2D eigenvalue weighted by Crippen LogP contribution is 2.15. The molecule has 2 rings (SSSR count). The number of pyridine rings is 1. The van der Waals surface area contributed by atoms with Crippen LogP contribution in [0.15, 0.2) is 47.2 Å². The molecule has 8 heteroatoms. The number of amides is 1. The van der Waals surface area contributed by atoms with Gasteiger partial charge in [-0.2, -0.15) is 0 Å². The Hall–Kier alpha value is -1.80. The van der Waals surface area contributed by atoms with Crippen LogP contribution in [0.25, 0.3) is 0 Å². The number of rotatable bonds is 8. The second-order valence-electron chi connectivity index (χ2n) is 4.24. The highest BCUT2D eigenvalue weighted by molar-refractivity contribution is 7.99. The highest BCUT2D eigenvalue weighted by atomic mass is 32.2. The third-order valence-corrected chi connectivity index (χ3v) is 4.33. The van der Waals surface area contributed by atoms with Gasteiger partial charge in [-0.25, -0.2) is 4.98 Å². The Balaban J connectivity index is 1.86. The lowest BCUT2D eigenvalue weighted by Crippen LogP contribution is -2.26. The fourth-order valence-electron chi connectivity index (χ4n) is 1.71. The molecule has 116 valence electrons. The van der Waals surface area contributed by atoms with Crippen LogP contribution in [0.2, 0.25) is 0 Å². The highest BCUT2D eigenvalue weighted by Gasteiger charge is 2.11. The molecule has 0 aromatic carbocycles. The van der Waals surface area contributed by atoms with Crippen LogP contribution in [0.1, 0.15) is 5.82 Å². The molecule has 1 N–H and O–H groups in total. The van der Waals surface area contributed by atoms with E-state index < -0.39 is 0 Å². The minimum absolute atomic E-state index is 0.0606. The fourth-order valence-corrected chi connectivity index (χ4v) is 2.93. The van der Waals surface area contributed by atoms with Gasteiger partial charge < -0.3 is 9.88 Å². The molecular weight excluding hydrogens is 318 g/mol. The quantitative estimate of drug-likeness (QED) is 0.587. The Morgan fingerprint density at radius 3 is 3.00 bits per heavy atom. The van der Waals surface area contributed by atoms with Gasteiger partial charge in [-0.1, -0.05) is 35.7 Å². The van der Waals surface area contributed by atoms with Gasteiger partial charge in [0, 0.05) is 12.7 Å². The minimum Gasteiger partial charge on any atom is -0.348 e. The molecule has 0 saturated carbocycles. The summed E-state index contributed by atoms with van der Waals surface area (Å²) < 4.78 is 1.93. The summed E-state index contributed by atoms with van der Waals surface area (Å²) >= 11 is 2.92. The van der Waals surface area contributed by atoms with Crippen LogP contribution < -0.4 is 5.32 Å². The number of nitrogens with one attached hydrogen (secondary N) is 1. The number of carbonyl (C=O) groups excluding carboxylic acids is 1. The molecule has 6 nitrogen and oxygen atoms in total. The molecule has 0 radical (unpaired) electrons.